The number of nitrogens with zero attached hydrogens (tertiary/aromatic N) is 1. The van der Waals surface area contributed by atoms with Crippen molar-refractivity contribution in [2.75, 3.05) is 26.6 Å². The second-order valence-electron chi connectivity index (χ2n) is 8.46. The third-order valence-corrected chi connectivity index (χ3v) is 7.77. The topological polar surface area (TPSA) is 94.8 Å². The van der Waals surface area contributed by atoms with Crippen LogP contribution in [0.3, 0.4) is 0 Å². The Labute approximate surface area is 195 Å². The van der Waals surface area contributed by atoms with Gasteiger partial charge in [-0.3, -0.25) is 4.79 Å². The van der Waals surface area contributed by atoms with Crippen LogP contribution in [0.5, 0.6) is 5.75 Å². The van der Waals surface area contributed by atoms with E-state index < -0.39 is 9.84 Å². The Kier molecular flexibility index (Phi) is 8.37. The van der Waals surface area contributed by atoms with Crippen molar-refractivity contribution in [3.8, 4) is 11.4 Å². The number of sulfone groups is 1. The van der Waals surface area contributed by atoms with Gasteiger partial charge in [-0.25, -0.2) is 8.42 Å². The van der Waals surface area contributed by atoms with Crippen molar-refractivity contribution in [2.24, 2.45) is 0 Å². The summed E-state index contributed by atoms with van der Waals surface area (Å²) >= 11 is 0. The van der Waals surface area contributed by atoms with Crippen LogP contribution in [0.1, 0.15) is 49.1 Å². The van der Waals surface area contributed by atoms with Gasteiger partial charge in [-0.05, 0) is 80.5 Å². The number of aliphatic hydroxyl groups is 1. The van der Waals surface area contributed by atoms with E-state index in [0.29, 0.717) is 38.7 Å². The molecule has 1 unspecified atom stereocenters. The number of allylic oxidation sites excluding steroid dienone is 2. The maximum absolute atomic E-state index is 12.4. The SMILES string of the molecule is COc1ccc(-n2c(C3=CCC(S(C)(=O)=O)CC3)cc(CC(=O)OCCCCO)c2C)cc1. The van der Waals surface area contributed by atoms with E-state index in [1.165, 1.54) is 6.26 Å². The fourth-order valence-electron chi connectivity index (χ4n) is 4.18. The predicted octanol–water partition coefficient (Wildman–Crippen LogP) is 3.63. The quantitative estimate of drug-likeness (QED) is 0.417. The molecule has 0 fully saturated rings. The fourth-order valence-corrected chi connectivity index (χ4v) is 5.17. The van der Waals surface area contributed by atoms with Gasteiger partial charge in [0.25, 0.3) is 0 Å². The van der Waals surface area contributed by atoms with E-state index >= 15 is 0 Å². The van der Waals surface area contributed by atoms with Crippen molar-refractivity contribution in [1.82, 2.24) is 4.57 Å². The number of esters is 1. The van der Waals surface area contributed by atoms with Crippen molar-refractivity contribution in [3.63, 3.8) is 0 Å². The minimum absolute atomic E-state index is 0.0834. The number of carbonyl (C=O) groups is 1. The molecule has 3 rings (SSSR count). The van der Waals surface area contributed by atoms with Gasteiger partial charge in [0.15, 0.2) is 9.84 Å². The first kappa shape index (κ1) is 25.1. The summed E-state index contributed by atoms with van der Waals surface area (Å²) in [6.45, 7) is 2.35. The van der Waals surface area contributed by atoms with E-state index in [2.05, 4.69) is 4.57 Å². The van der Waals surface area contributed by atoms with Crippen LogP contribution in [0.4, 0.5) is 0 Å². The van der Waals surface area contributed by atoms with Crippen LogP contribution in [-0.4, -0.2) is 55.9 Å². The molecule has 1 heterocycles. The first-order valence-corrected chi connectivity index (χ1v) is 13.2. The summed E-state index contributed by atoms with van der Waals surface area (Å²) in [4.78, 5) is 12.4. The number of hydrogen-bond acceptors (Lipinski definition) is 6. The molecule has 1 atom stereocenters. The van der Waals surface area contributed by atoms with Gasteiger partial charge in [-0.2, -0.15) is 0 Å². The van der Waals surface area contributed by atoms with Gasteiger partial charge in [0.2, 0.25) is 0 Å². The minimum atomic E-state index is -3.08. The molecule has 8 heteroatoms. The zero-order chi connectivity index (χ0) is 24.0. The zero-order valence-corrected chi connectivity index (χ0v) is 20.4. The lowest BCUT2D eigenvalue weighted by molar-refractivity contribution is -0.143. The molecule has 7 nitrogen and oxygen atoms in total. The average Bonchev–Trinajstić information content (AvgIpc) is 3.12. The molecule has 0 amide bonds. The Hall–Kier alpha value is -2.58. The first-order valence-electron chi connectivity index (χ1n) is 11.2. The monoisotopic (exact) mass is 475 g/mol. The second kappa shape index (κ2) is 11.0. The molecule has 0 radical (unpaired) electrons. The average molecular weight is 476 g/mol. The normalized spacial score (nSPS) is 16.4. The highest BCUT2D eigenvalue weighted by atomic mass is 32.2. The Bertz CT molecular complexity index is 1100. The summed E-state index contributed by atoms with van der Waals surface area (Å²) in [6.07, 6.45) is 6.43. The number of rotatable bonds is 10. The molecular formula is C25H33NO6S. The summed E-state index contributed by atoms with van der Waals surface area (Å²) in [6, 6.07) is 9.73. The molecule has 1 aliphatic rings. The van der Waals surface area contributed by atoms with Gasteiger partial charge >= 0.3 is 5.97 Å². The summed E-state index contributed by atoms with van der Waals surface area (Å²) < 4.78 is 36.7. The lowest BCUT2D eigenvalue weighted by Crippen LogP contribution is -2.22. The molecule has 2 aromatic rings. The molecule has 0 spiro atoms. The second-order valence-corrected chi connectivity index (χ2v) is 10.8. The first-order chi connectivity index (χ1) is 15.7. The third-order valence-electron chi connectivity index (χ3n) is 6.13. The molecular weight excluding hydrogens is 442 g/mol. The smallest absolute Gasteiger partial charge is 0.310 e. The molecule has 1 aromatic heterocycles. The number of aliphatic hydroxyl groups excluding tert-OH is 1. The number of aromatic nitrogens is 1. The molecule has 0 saturated carbocycles. The zero-order valence-electron chi connectivity index (χ0n) is 19.5. The molecule has 1 aromatic carbocycles. The summed E-state index contributed by atoms with van der Waals surface area (Å²) in [5.41, 5.74) is 4.80. The summed E-state index contributed by atoms with van der Waals surface area (Å²) in [5.74, 6) is 0.453. The van der Waals surface area contributed by atoms with E-state index in [1.54, 1.807) is 7.11 Å². The lowest BCUT2D eigenvalue weighted by Gasteiger charge is -2.22. The number of carbonyl (C=O) groups excluding carboxylic acids is 1. The van der Waals surface area contributed by atoms with E-state index in [4.69, 9.17) is 14.6 Å². The Morgan fingerprint density at radius 2 is 1.94 bits per heavy atom. The van der Waals surface area contributed by atoms with Gasteiger partial charge in [0, 0.05) is 29.9 Å². The van der Waals surface area contributed by atoms with Crippen LogP contribution >= 0.6 is 0 Å². The standard InChI is InChI=1S/C25H33NO6S/c1-18-20(17-25(28)32-15-5-4-14-27)16-24(19-6-12-23(13-7-19)33(3,29)30)26(18)21-8-10-22(31-2)11-9-21/h6,8-11,16,23,27H,4-5,7,12-15,17H2,1-3H3. The maximum atomic E-state index is 12.4. The largest absolute Gasteiger partial charge is 0.497 e. The van der Waals surface area contributed by atoms with Gasteiger partial charge in [-0.15, -0.1) is 0 Å². The molecule has 1 N–H and O–H groups in total. The highest BCUT2D eigenvalue weighted by Crippen LogP contribution is 2.34. The van der Waals surface area contributed by atoms with E-state index in [-0.39, 0.29) is 24.2 Å². The molecule has 0 bridgehead atoms. The van der Waals surface area contributed by atoms with Crippen LogP contribution in [-0.2, 0) is 25.8 Å². The lowest BCUT2D eigenvalue weighted by atomic mass is 9.96. The van der Waals surface area contributed by atoms with Crippen molar-refractivity contribution < 1.29 is 27.8 Å². The van der Waals surface area contributed by atoms with Gasteiger partial charge in [-0.1, -0.05) is 6.08 Å². The molecule has 0 aliphatic heterocycles. The van der Waals surface area contributed by atoms with Crippen LogP contribution < -0.4 is 4.74 Å². The third kappa shape index (κ3) is 6.26. The maximum Gasteiger partial charge on any atom is 0.310 e. The van der Waals surface area contributed by atoms with Crippen LogP contribution in [0.2, 0.25) is 0 Å². The molecule has 33 heavy (non-hydrogen) atoms. The van der Waals surface area contributed by atoms with Gasteiger partial charge in [0.1, 0.15) is 5.75 Å². The minimum Gasteiger partial charge on any atom is -0.497 e. The number of unbranched alkanes of at least 4 members (excludes halogenated alkanes) is 1. The highest BCUT2D eigenvalue weighted by molar-refractivity contribution is 7.91. The van der Waals surface area contributed by atoms with E-state index in [9.17, 15) is 13.2 Å². The van der Waals surface area contributed by atoms with Gasteiger partial charge in [0.05, 0.1) is 25.4 Å². The summed E-state index contributed by atoms with van der Waals surface area (Å²) in [5, 5.41) is 8.53. The summed E-state index contributed by atoms with van der Waals surface area (Å²) in [7, 11) is -1.45. The van der Waals surface area contributed by atoms with Crippen molar-refractivity contribution in [3.05, 3.63) is 53.4 Å². The van der Waals surface area contributed by atoms with Crippen LogP contribution in [0.15, 0.2) is 36.4 Å². The number of benzene rings is 1. The Morgan fingerprint density at radius 3 is 2.52 bits per heavy atom. The Morgan fingerprint density at radius 1 is 1.21 bits per heavy atom. The molecule has 0 saturated heterocycles. The van der Waals surface area contributed by atoms with Crippen molar-refractivity contribution >= 4 is 21.4 Å². The predicted molar refractivity (Wildman–Crippen MR) is 129 cm³/mol. The van der Waals surface area contributed by atoms with Crippen molar-refractivity contribution in [2.45, 2.75) is 50.7 Å². The Balaban J connectivity index is 1.92. The number of ether oxygens (including phenoxy) is 2. The van der Waals surface area contributed by atoms with Crippen molar-refractivity contribution in [1.29, 1.82) is 0 Å². The number of hydrogen-bond donors (Lipinski definition) is 1. The molecule has 180 valence electrons. The van der Waals surface area contributed by atoms with E-state index in [1.807, 2.05) is 43.3 Å². The van der Waals surface area contributed by atoms with Crippen LogP contribution in [0.25, 0.3) is 11.3 Å². The highest BCUT2D eigenvalue weighted by Gasteiger charge is 2.26. The fraction of sp³-hybridized carbons (Fsp3) is 0.480. The van der Waals surface area contributed by atoms with Gasteiger partial charge < -0.3 is 19.1 Å². The van der Waals surface area contributed by atoms with E-state index in [0.717, 1.165) is 34.0 Å². The number of methoxy groups -OCH3 is 1. The molecule has 1 aliphatic carbocycles. The van der Waals surface area contributed by atoms with Crippen LogP contribution in [0, 0.1) is 6.92 Å².